The van der Waals surface area contributed by atoms with Crippen LogP contribution in [0.15, 0.2) is 52.3 Å². The lowest BCUT2D eigenvalue weighted by Gasteiger charge is -2.15. The largest absolute Gasteiger partial charge is 0.495 e. The van der Waals surface area contributed by atoms with Gasteiger partial charge in [-0.2, -0.15) is 0 Å². The maximum atomic E-state index is 14.1. The van der Waals surface area contributed by atoms with Gasteiger partial charge in [0.2, 0.25) is 0 Å². The standard InChI is InChI=1S/C19H12Cl2F4N2O5S2/c1-32-16-3-2-11(33(28,29)26-18-12(22)4-9(20)5-13(18)23)8-17(16)34(30,31)27-19-14(24)6-10(21)7-15(19)25/h2-8,26-27H,1H3. The van der Waals surface area contributed by atoms with Crippen molar-refractivity contribution in [1.29, 1.82) is 0 Å². The third kappa shape index (κ3) is 5.32. The van der Waals surface area contributed by atoms with E-state index in [2.05, 4.69) is 0 Å². The minimum Gasteiger partial charge on any atom is -0.495 e. The number of ether oxygens (including phenoxy) is 1. The second-order valence-electron chi connectivity index (χ2n) is 6.51. The molecule has 0 bridgehead atoms. The average Bonchev–Trinajstić information content (AvgIpc) is 2.73. The van der Waals surface area contributed by atoms with Gasteiger partial charge in [-0.3, -0.25) is 9.44 Å². The number of rotatable bonds is 7. The zero-order chi connectivity index (χ0) is 25.4. The van der Waals surface area contributed by atoms with E-state index >= 15 is 0 Å². The van der Waals surface area contributed by atoms with Crippen LogP contribution in [-0.2, 0) is 20.0 Å². The molecule has 3 aromatic rings. The Balaban J connectivity index is 2.07. The Bertz CT molecular complexity index is 1460. The fourth-order valence-corrected chi connectivity index (χ4v) is 5.53. The van der Waals surface area contributed by atoms with Crippen molar-refractivity contribution in [1.82, 2.24) is 0 Å². The van der Waals surface area contributed by atoms with Crippen molar-refractivity contribution in [2.45, 2.75) is 9.79 Å². The molecule has 3 rings (SSSR count). The van der Waals surface area contributed by atoms with Crippen LogP contribution in [-0.4, -0.2) is 23.9 Å². The minimum absolute atomic E-state index is 0.330. The number of methoxy groups -OCH3 is 1. The lowest BCUT2D eigenvalue weighted by molar-refractivity contribution is 0.402. The van der Waals surface area contributed by atoms with E-state index in [9.17, 15) is 34.4 Å². The monoisotopic (exact) mass is 558 g/mol. The number of hydrogen-bond acceptors (Lipinski definition) is 5. The lowest BCUT2D eigenvalue weighted by Crippen LogP contribution is -2.19. The summed E-state index contributed by atoms with van der Waals surface area (Å²) >= 11 is 11.0. The summed E-state index contributed by atoms with van der Waals surface area (Å²) in [6.45, 7) is 0. The van der Waals surface area contributed by atoms with Gasteiger partial charge in [0.15, 0.2) is 23.3 Å². The molecule has 34 heavy (non-hydrogen) atoms. The molecule has 0 fully saturated rings. The first-order valence-electron chi connectivity index (χ1n) is 8.78. The summed E-state index contributed by atoms with van der Waals surface area (Å²) in [5, 5.41) is -0.667. The lowest BCUT2D eigenvalue weighted by atomic mass is 10.3. The van der Waals surface area contributed by atoms with Crippen LogP contribution < -0.4 is 14.2 Å². The molecule has 7 nitrogen and oxygen atoms in total. The van der Waals surface area contributed by atoms with Crippen LogP contribution in [0.25, 0.3) is 0 Å². The summed E-state index contributed by atoms with van der Waals surface area (Å²) in [5.41, 5.74) is -2.14. The van der Waals surface area contributed by atoms with Crippen LogP contribution in [0, 0.1) is 23.3 Å². The molecule has 0 unspecified atom stereocenters. The van der Waals surface area contributed by atoms with Crippen molar-refractivity contribution in [3.63, 3.8) is 0 Å². The summed E-state index contributed by atoms with van der Waals surface area (Å²) in [7, 11) is -8.55. The second kappa shape index (κ2) is 9.49. The van der Waals surface area contributed by atoms with Crippen molar-refractivity contribution in [2.24, 2.45) is 0 Å². The van der Waals surface area contributed by atoms with Crippen molar-refractivity contribution >= 4 is 54.6 Å². The fourth-order valence-electron chi connectivity index (χ4n) is 2.70. The van der Waals surface area contributed by atoms with E-state index in [4.69, 9.17) is 27.9 Å². The van der Waals surface area contributed by atoms with Gasteiger partial charge in [-0.15, -0.1) is 0 Å². The second-order valence-corrected chi connectivity index (χ2v) is 10.7. The Morgan fingerprint density at radius 3 is 1.53 bits per heavy atom. The Hall–Kier alpha value is -2.74. The molecule has 0 aromatic heterocycles. The van der Waals surface area contributed by atoms with Crippen molar-refractivity contribution in [2.75, 3.05) is 16.6 Å². The highest BCUT2D eigenvalue weighted by atomic mass is 35.5. The third-order valence-corrected chi connectivity index (χ3v) is 7.38. The van der Waals surface area contributed by atoms with Gasteiger partial charge in [0.25, 0.3) is 20.0 Å². The topological polar surface area (TPSA) is 102 Å². The number of nitrogens with one attached hydrogen (secondary N) is 2. The molecule has 0 radical (unpaired) electrons. The molecule has 0 heterocycles. The molecular formula is C19H12Cl2F4N2O5S2. The molecule has 15 heteroatoms. The average molecular weight is 559 g/mol. The van der Waals surface area contributed by atoms with Crippen molar-refractivity contribution < 1.29 is 39.1 Å². The summed E-state index contributed by atoms with van der Waals surface area (Å²) in [6, 6.07) is 5.00. The maximum Gasteiger partial charge on any atom is 0.265 e. The summed E-state index contributed by atoms with van der Waals surface area (Å²) in [5.74, 6) is -5.74. The van der Waals surface area contributed by atoms with E-state index in [1.807, 2.05) is 0 Å². The molecule has 0 amide bonds. The highest BCUT2D eigenvalue weighted by molar-refractivity contribution is 7.93. The van der Waals surface area contributed by atoms with Crippen molar-refractivity contribution in [3.05, 3.63) is 75.8 Å². The molecular weight excluding hydrogens is 547 g/mol. The first-order chi connectivity index (χ1) is 15.7. The molecule has 0 saturated heterocycles. The molecule has 3 aromatic carbocycles. The summed E-state index contributed by atoms with van der Waals surface area (Å²) in [4.78, 5) is -1.61. The van der Waals surface area contributed by atoms with Gasteiger partial charge in [0.1, 0.15) is 22.0 Å². The number of benzene rings is 3. The first kappa shape index (κ1) is 25.9. The molecule has 182 valence electrons. The SMILES string of the molecule is COc1ccc(S(=O)(=O)Nc2c(F)cc(Cl)cc2F)cc1S(=O)(=O)Nc1c(F)cc(Cl)cc1F. The van der Waals surface area contributed by atoms with E-state index in [0.29, 0.717) is 30.3 Å². The molecule has 0 aliphatic carbocycles. The van der Waals surface area contributed by atoms with Crippen LogP contribution in [0.3, 0.4) is 0 Å². The molecule has 2 N–H and O–H groups in total. The first-order valence-corrected chi connectivity index (χ1v) is 12.5. The number of halogens is 6. The fraction of sp³-hybridized carbons (Fsp3) is 0.0526. The quantitative estimate of drug-likeness (QED) is 0.390. The molecule has 0 aliphatic heterocycles. The Kier molecular flexibility index (Phi) is 7.22. The van der Waals surface area contributed by atoms with E-state index in [1.165, 1.54) is 0 Å². The predicted octanol–water partition coefficient (Wildman–Crippen LogP) is 5.16. The smallest absolute Gasteiger partial charge is 0.265 e. The van der Waals surface area contributed by atoms with Gasteiger partial charge >= 0.3 is 0 Å². The van der Waals surface area contributed by atoms with E-state index in [-0.39, 0.29) is 10.0 Å². The van der Waals surface area contributed by atoms with Crippen molar-refractivity contribution in [3.8, 4) is 5.75 Å². The van der Waals surface area contributed by atoms with E-state index in [0.717, 1.165) is 19.2 Å². The Labute approximate surface area is 201 Å². The van der Waals surface area contributed by atoms with Crippen LogP contribution in [0.2, 0.25) is 10.0 Å². The highest BCUT2D eigenvalue weighted by Gasteiger charge is 2.27. The number of anilines is 2. The Morgan fingerprint density at radius 1 is 0.706 bits per heavy atom. The molecule has 0 spiro atoms. The van der Waals surface area contributed by atoms with Crippen LogP contribution in [0.1, 0.15) is 0 Å². The van der Waals surface area contributed by atoms with Crippen LogP contribution in [0.4, 0.5) is 28.9 Å². The number of sulfonamides is 2. The van der Waals surface area contributed by atoms with Crippen LogP contribution >= 0.6 is 23.2 Å². The molecule has 0 aliphatic rings. The predicted molar refractivity (Wildman–Crippen MR) is 117 cm³/mol. The molecule has 0 atom stereocenters. The normalized spacial score (nSPS) is 11.9. The third-order valence-electron chi connectivity index (χ3n) is 4.22. The maximum absolute atomic E-state index is 14.1. The summed E-state index contributed by atoms with van der Waals surface area (Å²) < 4.78 is 116. The molecule has 0 saturated carbocycles. The zero-order valence-corrected chi connectivity index (χ0v) is 19.8. The minimum atomic E-state index is -4.85. The number of hydrogen-bond donors (Lipinski definition) is 2. The zero-order valence-electron chi connectivity index (χ0n) is 16.7. The van der Waals surface area contributed by atoms with Crippen LogP contribution in [0.5, 0.6) is 5.75 Å². The van der Waals surface area contributed by atoms with Gasteiger partial charge in [-0.05, 0) is 42.5 Å². The highest BCUT2D eigenvalue weighted by Crippen LogP contribution is 2.32. The Morgan fingerprint density at radius 2 is 1.12 bits per heavy atom. The van der Waals surface area contributed by atoms with Gasteiger partial charge in [0.05, 0.1) is 12.0 Å². The van der Waals surface area contributed by atoms with Gasteiger partial charge in [-0.25, -0.2) is 34.4 Å². The van der Waals surface area contributed by atoms with Gasteiger partial charge in [0, 0.05) is 10.0 Å². The van der Waals surface area contributed by atoms with Gasteiger partial charge < -0.3 is 4.74 Å². The summed E-state index contributed by atoms with van der Waals surface area (Å²) in [6.07, 6.45) is 0. The van der Waals surface area contributed by atoms with E-state index in [1.54, 1.807) is 9.44 Å². The van der Waals surface area contributed by atoms with E-state index < -0.39 is 70.2 Å². The van der Waals surface area contributed by atoms with Gasteiger partial charge in [-0.1, -0.05) is 23.2 Å².